The van der Waals surface area contributed by atoms with Crippen molar-refractivity contribution in [3.63, 3.8) is 0 Å². The first-order chi connectivity index (χ1) is 9.47. The van der Waals surface area contributed by atoms with Gasteiger partial charge in [0.15, 0.2) is 0 Å². The predicted molar refractivity (Wildman–Crippen MR) is 73.2 cm³/mol. The highest BCUT2D eigenvalue weighted by Crippen LogP contribution is 2.25. The molecule has 0 aliphatic heterocycles. The van der Waals surface area contributed by atoms with E-state index in [1.807, 2.05) is 0 Å². The van der Waals surface area contributed by atoms with Gasteiger partial charge in [-0.2, -0.15) is 0 Å². The van der Waals surface area contributed by atoms with E-state index in [-0.39, 0.29) is 17.8 Å². The zero-order valence-electron chi connectivity index (χ0n) is 10.4. The molecule has 0 saturated carbocycles. The Morgan fingerprint density at radius 3 is 2.90 bits per heavy atom. The molecule has 0 aliphatic carbocycles. The summed E-state index contributed by atoms with van der Waals surface area (Å²) in [6.07, 6.45) is 1.55. The molecule has 2 aromatic rings. The Labute approximate surface area is 122 Å². The van der Waals surface area contributed by atoms with Gasteiger partial charge in [0.25, 0.3) is 11.6 Å². The van der Waals surface area contributed by atoms with Gasteiger partial charge in [0.1, 0.15) is 5.76 Å². The van der Waals surface area contributed by atoms with E-state index in [4.69, 9.17) is 4.42 Å². The van der Waals surface area contributed by atoms with Crippen LogP contribution in [0.25, 0.3) is 0 Å². The number of aryl methyl sites for hydroxylation is 1. The highest BCUT2D eigenvalue weighted by molar-refractivity contribution is 9.10. The maximum absolute atomic E-state index is 11.9. The van der Waals surface area contributed by atoms with Crippen molar-refractivity contribution in [1.29, 1.82) is 0 Å². The average molecular weight is 340 g/mol. The third-order valence-electron chi connectivity index (χ3n) is 2.47. The van der Waals surface area contributed by atoms with Crippen LogP contribution in [-0.4, -0.2) is 15.8 Å². The van der Waals surface area contributed by atoms with Gasteiger partial charge in [-0.3, -0.25) is 14.9 Å². The number of benzene rings is 1. The zero-order chi connectivity index (χ0) is 14.7. The van der Waals surface area contributed by atoms with E-state index >= 15 is 0 Å². The van der Waals surface area contributed by atoms with Crippen LogP contribution in [0, 0.1) is 17.0 Å². The molecule has 0 unspecified atom stereocenters. The Kier molecular flexibility index (Phi) is 4.14. The van der Waals surface area contributed by atoms with E-state index in [1.54, 1.807) is 13.1 Å². The first-order valence-corrected chi connectivity index (χ1v) is 6.40. The van der Waals surface area contributed by atoms with Gasteiger partial charge in [-0.15, -0.1) is 0 Å². The molecule has 0 aliphatic rings. The molecule has 0 radical (unpaired) electrons. The maximum atomic E-state index is 11.9. The first kappa shape index (κ1) is 14.2. The van der Waals surface area contributed by atoms with E-state index in [1.165, 1.54) is 18.2 Å². The van der Waals surface area contributed by atoms with Crippen LogP contribution >= 0.6 is 15.9 Å². The van der Waals surface area contributed by atoms with Crippen LogP contribution in [0.4, 0.5) is 5.69 Å². The van der Waals surface area contributed by atoms with Crippen molar-refractivity contribution < 1.29 is 14.1 Å². The third-order valence-corrected chi connectivity index (χ3v) is 3.14. The van der Waals surface area contributed by atoms with Crippen LogP contribution < -0.4 is 5.32 Å². The number of hydrogen-bond acceptors (Lipinski definition) is 5. The molecule has 0 bridgehead atoms. The van der Waals surface area contributed by atoms with Crippen molar-refractivity contribution in [1.82, 2.24) is 10.3 Å². The highest BCUT2D eigenvalue weighted by atomic mass is 79.9. The summed E-state index contributed by atoms with van der Waals surface area (Å²) in [7, 11) is 0. The van der Waals surface area contributed by atoms with E-state index < -0.39 is 10.8 Å². The molecule has 1 heterocycles. The molecular weight excluding hydrogens is 330 g/mol. The molecule has 20 heavy (non-hydrogen) atoms. The first-order valence-electron chi connectivity index (χ1n) is 5.61. The van der Waals surface area contributed by atoms with Crippen LogP contribution in [0.1, 0.15) is 22.0 Å². The summed E-state index contributed by atoms with van der Waals surface area (Å²) in [5.41, 5.74) is 0.0350. The second-order valence-corrected chi connectivity index (χ2v) is 4.82. The van der Waals surface area contributed by atoms with Gasteiger partial charge in [-0.1, -0.05) is 0 Å². The van der Waals surface area contributed by atoms with Crippen molar-refractivity contribution in [3.8, 4) is 0 Å². The normalized spacial score (nSPS) is 10.3. The minimum absolute atomic E-state index is 0.122. The van der Waals surface area contributed by atoms with E-state index in [0.717, 1.165) is 0 Å². The van der Waals surface area contributed by atoms with Gasteiger partial charge in [0, 0.05) is 11.6 Å². The quantitative estimate of drug-likeness (QED) is 0.681. The van der Waals surface area contributed by atoms with E-state index in [0.29, 0.717) is 16.1 Å². The summed E-state index contributed by atoms with van der Waals surface area (Å²) in [5, 5.41) is 13.4. The Hall–Kier alpha value is -2.22. The van der Waals surface area contributed by atoms with Crippen molar-refractivity contribution in [2.45, 2.75) is 13.5 Å². The maximum Gasteiger partial charge on any atom is 0.284 e. The SMILES string of the molecule is Cc1cnc(CNC(=O)c2ccc(Br)c([N+](=O)[O-])c2)o1. The molecule has 1 amide bonds. The lowest BCUT2D eigenvalue weighted by atomic mass is 10.2. The Morgan fingerprint density at radius 2 is 2.30 bits per heavy atom. The lowest BCUT2D eigenvalue weighted by Crippen LogP contribution is -2.23. The number of carbonyl (C=O) groups excluding carboxylic acids is 1. The van der Waals surface area contributed by atoms with Crippen LogP contribution in [0.2, 0.25) is 0 Å². The molecule has 0 fully saturated rings. The van der Waals surface area contributed by atoms with Gasteiger partial charge >= 0.3 is 0 Å². The number of nitrogens with one attached hydrogen (secondary N) is 1. The minimum atomic E-state index is -0.557. The summed E-state index contributed by atoms with van der Waals surface area (Å²) in [6, 6.07) is 4.16. The number of amides is 1. The lowest BCUT2D eigenvalue weighted by Gasteiger charge is -2.03. The number of carbonyl (C=O) groups is 1. The van der Waals surface area contributed by atoms with E-state index in [9.17, 15) is 14.9 Å². The van der Waals surface area contributed by atoms with Crippen molar-refractivity contribution in [2.75, 3.05) is 0 Å². The smallest absolute Gasteiger partial charge is 0.284 e. The van der Waals surface area contributed by atoms with Crippen molar-refractivity contribution in [2.24, 2.45) is 0 Å². The average Bonchev–Trinajstić information content (AvgIpc) is 2.82. The fourth-order valence-corrected chi connectivity index (χ4v) is 1.93. The van der Waals surface area contributed by atoms with Crippen LogP contribution in [0.3, 0.4) is 0 Å². The number of rotatable bonds is 4. The lowest BCUT2D eigenvalue weighted by molar-refractivity contribution is -0.385. The minimum Gasteiger partial charge on any atom is -0.444 e. The van der Waals surface area contributed by atoms with E-state index in [2.05, 4.69) is 26.2 Å². The standard InChI is InChI=1S/C12H10BrN3O4/c1-7-5-14-11(20-7)6-15-12(17)8-2-3-9(13)10(4-8)16(18)19/h2-5H,6H2,1H3,(H,15,17). The topological polar surface area (TPSA) is 98.3 Å². The summed E-state index contributed by atoms with van der Waals surface area (Å²) in [5.74, 6) is 0.590. The second-order valence-electron chi connectivity index (χ2n) is 3.97. The van der Waals surface area contributed by atoms with Gasteiger partial charge in [0.2, 0.25) is 5.89 Å². The number of halogens is 1. The molecule has 104 valence electrons. The summed E-state index contributed by atoms with van der Waals surface area (Å²) in [4.78, 5) is 26.1. The van der Waals surface area contributed by atoms with Gasteiger partial charge in [-0.05, 0) is 35.0 Å². The van der Waals surface area contributed by atoms with Crippen LogP contribution in [-0.2, 0) is 6.54 Å². The largest absolute Gasteiger partial charge is 0.444 e. The molecular formula is C12H10BrN3O4. The van der Waals surface area contributed by atoms with Crippen LogP contribution in [0.15, 0.2) is 33.3 Å². The predicted octanol–water partition coefficient (Wildman–Crippen LogP) is 2.58. The second kappa shape index (κ2) is 5.83. The third kappa shape index (κ3) is 3.21. The highest BCUT2D eigenvalue weighted by Gasteiger charge is 2.16. The monoisotopic (exact) mass is 339 g/mol. The van der Waals surface area contributed by atoms with Crippen molar-refractivity contribution in [3.05, 3.63) is 56.2 Å². The van der Waals surface area contributed by atoms with Gasteiger partial charge in [-0.25, -0.2) is 4.98 Å². The Balaban J connectivity index is 2.09. The molecule has 2 rings (SSSR count). The molecule has 0 atom stereocenters. The number of nitro groups is 1. The van der Waals surface area contributed by atoms with Crippen LogP contribution in [0.5, 0.6) is 0 Å². The molecule has 1 aromatic heterocycles. The Bertz CT molecular complexity index is 668. The summed E-state index contributed by atoms with van der Waals surface area (Å²) in [6.45, 7) is 1.87. The molecule has 7 nitrogen and oxygen atoms in total. The number of oxazole rings is 1. The molecule has 1 aromatic carbocycles. The fraction of sp³-hybridized carbons (Fsp3) is 0.167. The van der Waals surface area contributed by atoms with Gasteiger partial charge in [0.05, 0.1) is 22.1 Å². The van der Waals surface area contributed by atoms with Crippen molar-refractivity contribution >= 4 is 27.5 Å². The molecule has 1 N–H and O–H groups in total. The summed E-state index contributed by atoms with van der Waals surface area (Å²) >= 11 is 3.06. The fourth-order valence-electron chi connectivity index (χ4n) is 1.53. The number of aromatic nitrogens is 1. The molecule has 0 saturated heterocycles. The summed E-state index contributed by atoms with van der Waals surface area (Å²) < 4.78 is 5.53. The number of nitro benzene ring substituents is 1. The van der Waals surface area contributed by atoms with Gasteiger partial charge < -0.3 is 9.73 Å². The zero-order valence-corrected chi connectivity index (χ0v) is 12.0. The molecule has 0 spiro atoms. The number of nitrogens with zero attached hydrogens (tertiary/aromatic N) is 2. The number of hydrogen-bond donors (Lipinski definition) is 1. The Morgan fingerprint density at radius 1 is 1.55 bits per heavy atom. The molecule has 8 heteroatoms.